The van der Waals surface area contributed by atoms with Gasteiger partial charge in [0.05, 0.1) is 19.6 Å². The van der Waals surface area contributed by atoms with Crippen molar-refractivity contribution in [2.45, 2.75) is 32.1 Å². The van der Waals surface area contributed by atoms with E-state index in [0.717, 1.165) is 25.7 Å². The van der Waals surface area contributed by atoms with Crippen molar-refractivity contribution in [3.8, 4) is 0 Å². The molecule has 1 aliphatic heterocycles. The molecule has 0 aromatic carbocycles. The smallest absolute Gasteiger partial charge is 0.307 e. The number of hydrogen-bond acceptors (Lipinski definition) is 7. The average Bonchev–Trinajstić information content (AvgIpc) is 2.89. The Hall–Kier alpha value is -0.990. The molecular weight excluding hydrogens is 360 g/mol. The van der Waals surface area contributed by atoms with Crippen molar-refractivity contribution in [3.63, 3.8) is 0 Å². The Labute approximate surface area is 161 Å². The number of nitrogens with zero attached hydrogens (tertiary/aromatic N) is 2. The van der Waals surface area contributed by atoms with Crippen LogP contribution >= 0.6 is 11.6 Å². The molecule has 0 bridgehead atoms. The summed E-state index contributed by atoms with van der Waals surface area (Å²) in [6, 6.07) is 0. The molecule has 7 nitrogen and oxygen atoms in total. The molecule has 1 heterocycles. The molecule has 1 fully saturated rings. The molecule has 0 unspecified atom stereocenters. The lowest BCUT2D eigenvalue weighted by Crippen LogP contribution is -2.33. The second-order valence-corrected chi connectivity index (χ2v) is 6.40. The van der Waals surface area contributed by atoms with Gasteiger partial charge in [-0.05, 0) is 43.6 Å². The first-order valence-corrected chi connectivity index (χ1v) is 9.55. The van der Waals surface area contributed by atoms with E-state index in [-0.39, 0.29) is 19.2 Å². The molecular formula is C18H33ClN2O5. The predicted molar refractivity (Wildman–Crippen MR) is 102 cm³/mol. The molecule has 0 aromatic heterocycles. The lowest BCUT2D eigenvalue weighted by molar-refractivity contribution is -0.144. The molecule has 1 saturated heterocycles. The zero-order valence-corrected chi connectivity index (χ0v) is 16.3. The van der Waals surface area contributed by atoms with E-state index in [4.69, 9.17) is 26.6 Å². The summed E-state index contributed by atoms with van der Waals surface area (Å²) >= 11 is 4.71. The second kappa shape index (κ2) is 17.4. The average molecular weight is 393 g/mol. The molecule has 2 N–H and O–H groups in total. The number of aliphatic hydroxyl groups is 2. The monoisotopic (exact) mass is 392 g/mol. The highest BCUT2D eigenvalue weighted by Gasteiger charge is 2.11. The van der Waals surface area contributed by atoms with Gasteiger partial charge in [0, 0.05) is 26.2 Å². The molecule has 0 aromatic rings. The molecule has 0 amide bonds. The van der Waals surface area contributed by atoms with Crippen molar-refractivity contribution in [2.75, 3.05) is 59.1 Å². The van der Waals surface area contributed by atoms with Gasteiger partial charge in [-0.15, -0.1) is 0 Å². The number of ether oxygens (including phenoxy) is 1. The normalized spacial score (nSPS) is 14.9. The SMILES string of the molecule is C=CC(=O)Cl.O=C(CCN(CCO)CCO)OCCN1CCCCCC1. The summed E-state index contributed by atoms with van der Waals surface area (Å²) in [5.74, 6) is -0.203. The summed E-state index contributed by atoms with van der Waals surface area (Å²) in [4.78, 5) is 25.4. The van der Waals surface area contributed by atoms with E-state index >= 15 is 0 Å². The van der Waals surface area contributed by atoms with Gasteiger partial charge >= 0.3 is 5.97 Å². The van der Waals surface area contributed by atoms with Crippen molar-refractivity contribution in [1.29, 1.82) is 0 Å². The summed E-state index contributed by atoms with van der Waals surface area (Å²) in [5, 5.41) is 17.3. The van der Waals surface area contributed by atoms with Crippen LogP contribution in [-0.2, 0) is 14.3 Å². The van der Waals surface area contributed by atoms with Crippen LogP contribution in [0.15, 0.2) is 12.7 Å². The molecule has 0 radical (unpaired) electrons. The molecule has 1 aliphatic rings. The zero-order chi connectivity index (χ0) is 19.6. The lowest BCUT2D eigenvalue weighted by Gasteiger charge is -2.21. The van der Waals surface area contributed by atoms with E-state index in [1.54, 1.807) is 0 Å². The van der Waals surface area contributed by atoms with Crippen LogP contribution in [0.5, 0.6) is 0 Å². The number of aliphatic hydroxyl groups excluding tert-OH is 2. The molecule has 0 saturated carbocycles. The van der Waals surface area contributed by atoms with Crippen LogP contribution in [-0.4, -0.2) is 90.3 Å². The van der Waals surface area contributed by atoms with Crippen molar-refractivity contribution < 1.29 is 24.5 Å². The highest BCUT2D eigenvalue weighted by Crippen LogP contribution is 2.09. The van der Waals surface area contributed by atoms with Crippen LogP contribution in [0.2, 0.25) is 0 Å². The van der Waals surface area contributed by atoms with Gasteiger partial charge in [-0.2, -0.15) is 0 Å². The number of hydrogen-bond donors (Lipinski definition) is 2. The Balaban J connectivity index is 0.00000110. The summed E-state index contributed by atoms with van der Waals surface area (Å²) in [6.45, 7) is 8.11. The van der Waals surface area contributed by atoms with Crippen molar-refractivity contribution in [1.82, 2.24) is 9.80 Å². The maximum atomic E-state index is 11.7. The summed E-state index contributed by atoms with van der Waals surface area (Å²) in [5.41, 5.74) is 0. The van der Waals surface area contributed by atoms with Crippen LogP contribution < -0.4 is 0 Å². The predicted octanol–water partition coefficient (Wildman–Crippen LogP) is 1.02. The first-order valence-electron chi connectivity index (χ1n) is 9.17. The van der Waals surface area contributed by atoms with Gasteiger partial charge in [0.25, 0.3) is 0 Å². The Bertz CT molecular complexity index is 382. The molecule has 1 rings (SSSR count). The topological polar surface area (TPSA) is 90.3 Å². The number of esters is 1. The van der Waals surface area contributed by atoms with Crippen molar-refractivity contribution in [2.24, 2.45) is 0 Å². The molecule has 0 atom stereocenters. The molecule has 0 aliphatic carbocycles. The van der Waals surface area contributed by atoms with E-state index in [9.17, 15) is 9.59 Å². The number of carbonyl (C=O) groups is 2. The second-order valence-electron chi connectivity index (χ2n) is 6.02. The number of carbonyl (C=O) groups excluding carboxylic acids is 2. The van der Waals surface area contributed by atoms with Crippen LogP contribution in [0.1, 0.15) is 32.1 Å². The Morgan fingerprint density at radius 3 is 2.08 bits per heavy atom. The van der Waals surface area contributed by atoms with Gasteiger partial charge in [0.1, 0.15) is 6.61 Å². The fourth-order valence-electron chi connectivity index (χ4n) is 2.59. The van der Waals surface area contributed by atoms with E-state index < -0.39 is 5.24 Å². The molecule has 0 spiro atoms. The van der Waals surface area contributed by atoms with Gasteiger partial charge in [0.2, 0.25) is 5.24 Å². The van der Waals surface area contributed by atoms with E-state index in [1.165, 1.54) is 25.7 Å². The van der Waals surface area contributed by atoms with Gasteiger partial charge in [-0.25, -0.2) is 0 Å². The van der Waals surface area contributed by atoms with Crippen LogP contribution in [0.25, 0.3) is 0 Å². The maximum absolute atomic E-state index is 11.7. The Morgan fingerprint density at radius 1 is 1.08 bits per heavy atom. The van der Waals surface area contributed by atoms with E-state index in [2.05, 4.69) is 11.5 Å². The van der Waals surface area contributed by atoms with E-state index in [1.807, 2.05) is 4.90 Å². The summed E-state index contributed by atoms with van der Waals surface area (Å²) in [7, 11) is 0. The standard InChI is InChI=1S/C15H30N2O4.C3H3ClO/c18-12-9-17(10-13-19)8-5-15(20)21-14-11-16-6-3-1-2-4-7-16;1-2-3(4)5/h18-19H,1-14H2;2H,1H2. The molecule has 8 heteroatoms. The number of rotatable bonds is 11. The minimum Gasteiger partial charge on any atom is -0.464 e. The first-order chi connectivity index (χ1) is 12.5. The number of halogens is 1. The minimum absolute atomic E-state index is 0.0318. The van der Waals surface area contributed by atoms with Crippen LogP contribution in [0.3, 0.4) is 0 Å². The lowest BCUT2D eigenvalue weighted by atomic mass is 10.2. The molecule has 152 valence electrons. The number of likely N-dealkylation sites (tertiary alicyclic amines) is 1. The molecule has 26 heavy (non-hydrogen) atoms. The Kier molecular flexibility index (Phi) is 16.8. The third-order valence-corrected chi connectivity index (χ3v) is 4.15. The first kappa shape index (κ1) is 25.0. The van der Waals surface area contributed by atoms with Crippen LogP contribution in [0.4, 0.5) is 0 Å². The number of allylic oxidation sites excluding steroid dienone is 1. The van der Waals surface area contributed by atoms with Crippen molar-refractivity contribution in [3.05, 3.63) is 12.7 Å². The quantitative estimate of drug-likeness (QED) is 0.308. The van der Waals surface area contributed by atoms with Gasteiger partial charge in [-0.3, -0.25) is 19.4 Å². The van der Waals surface area contributed by atoms with Gasteiger partial charge < -0.3 is 14.9 Å². The highest BCUT2D eigenvalue weighted by molar-refractivity contribution is 6.66. The summed E-state index contributed by atoms with van der Waals surface area (Å²) in [6.07, 6.45) is 6.45. The van der Waals surface area contributed by atoms with E-state index in [0.29, 0.717) is 32.7 Å². The largest absolute Gasteiger partial charge is 0.464 e. The van der Waals surface area contributed by atoms with Gasteiger partial charge in [-0.1, -0.05) is 19.4 Å². The third-order valence-electron chi connectivity index (χ3n) is 3.99. The summed E-state index contributed by atoms with van der Waals surface area (Å²) < 4.78 is 5.26. The third kappa shape index (κ3) is 15.3. The fourth-order valence-corrected chi connectivity index (χ4v) is 2.59. The van der Waals surface area contributed by atoms with Crippen molar-refractivity contribution >= 4 is 22.8 Å². The maximum Gasteiger partial charge on any atom is 0.307 e. The highest BCUT2D eigenvalue weighted by atomic mass is 35.5. The van der Waals surface area contributed by atoms with Crippen LogP contribution in [0, 0.1) is 0 Å². The zero-order valence-electron chi connectivity index (χ0n) is 15.6. The fraction of sp³-hybridized carbons (Fsp3) is 0.778. The minimum atomic E-state index is -0.509. The Morgan fingerprint density at radius 2 is 1.62 bits per heavy atom. The van der Waals surface area contributed by atoms with Gasteiger partial charge in [0.15, 0.2) is 0 Å².